The molecular weight excluding hydrogens is 997 g/mol. The highest BCUT2D eigenvalue weighted by atomic mass is 32.2. The molecule has 15 N–H and O–H groups in total. The predicted octanol–water partition coefficient (Wildman–Crippen LogP) is -1.16. The maximum Gasteiger partial charge on any atom is 0.340 e. The number of aliphatic hydroxyl groups is 4. The second-order valence-corrected chi connectivity index (χ2v) is 18.2. The standard InChI is InChI=1S/C43H34O28S/c44-13-3-9(4-14(45)24(13)49)35(55)70-40-33-32-30(18(66-40)8-64-36(56)10-5-15(46)25(50)28(53)19(10)20-11(37(57)68-32)6-16(47)26(51)29(20)54)67-39(59)22-23-21-12(38(58)69-33)7-17(48)27(52)31(21)71-41(23,60)43(62,63)42(61)34(22)72-2-1-65-42/h3-7,18,22-23,30,32-34,40,44-54,60-63H,1-2,8H2/t18-,22-,23-,30-,32-,33-,34+,40+,41-,42?/m1/s1. The first-order chi connectivity index (χ1) is 33.8. The van der Waals surface area contributed by atoms with E-state index in [4.69, 9.17) is 37.9 Å². The summed E-state index contributed by atoms with van der Waals surface area (Å²) >= 11 is 0.631. The molecule has 0 radical (unpaired) electrons. The number of phenols is 11. The molecule has 29 heteroatoms. The van der Waals surface area contributed by atoms with Crippen LogP contribution in [-0.2, 0) is 38.0 Å². The molecule has 72 heavy (non-hydrogen) atoms. The van der Waals surface area contributed by atoms with Crippen molar-refractivity contribution in [3.05, 3.63) is 58.1 Å². The second kappa shape index (κ2) is 16.0. The lowest BCUT2D eigenvalue weighted by Crippen LogP contribution is -2.81. The number of benzene rings is 4. The topological polar surface area (TPSA) is 463 Å². The van der Waals surface area contributed by atoms with E-state index in [1.54, 1.807) is 0 Å². The van der Waals surface area contributed by atoms with Crippen LogP contribution in [0.15, 0.2) is 30.3 Å². The zero-order valence-electron chi connectivity index (χ0n) is 35.6. The minimum Gasteiger partial charge on any atom is -0.504 e. The third-order valence-corrected chi connectivity index (χ3v) is 14.3. The number of cyclic esters (lactones) is 1. The molecule has 2 saturated heterocycles. The summed E-state index contributed by atoms with van der Waals surface area (Å²) in [6.07, 6.45) is -12.3. The Balaban J connectivity index is 1.22. The minimum absolute atomic E-state index is 0.127. The van der Waals surface area contributed by atoms with Gasteiger partial charge >= 0.3 is 29.8 Å². The smallest absolute Gasteiger partial charge is 0.340 e. The zero-order chi connectivity index (χ0) is 52.0. The van der Waals surface area contributed by atoms with E-state index in [1.807, 2.05) is 0 Å². The molecule has 4 bridgehead atoms. The van der Waals surface area contributed by atoms with Gasteiger partial charge in [-0.2, -0.15) is 0 Å². The summed E-state index contributed by atoms with van der Waals surface area (Å²) < 4.78 is 45.5. The van der Waals surface area contributed by atoms with Crippen molar-refractivity contribution in [3.8, 4) is 80.1 Å². The van der Waals surface area contributed by atoms with Gasteiger partial charge in [0, 0.05) is 22.4 Å². The number of phenolic OH excluding ortho intramolecular Hbond substituents is 11. The molecule has 1 aliphatic carbocycles. The zero-order valence-corrected chi connectivity index (χ0v) is 36.4. The highest BCUT2D eigenvalue weighted by molar-refractivity contribution is 8.00. The highest BCUT2D eigenvalue weighted by Gasteiger charge is 2.82. The van der Waals surface area contributed by atoms with Gasteiger partial charge in [0.05, 0.1) is 45.9 Å². The monoisotopic (exact) mass is 1030 g/mol. The lowest BCUT2D eigenvalue weighted by molar-refractivity contribution is -0.470. The first kappa shape index (κ1) is 47.6. The third kappa shape index (κ3) is 6.51. The molecule has 5 aliphatic heterocycles. The van der Waals surface area contributed by atoms with Crippen LogP contribution in [0.3, 0.4) is 0 Å². The molecule has 4 aromatic carbocycles. The number of rotatable bonds is 2. The Morgan fingerprint density at radius 3 is 1.78 bits per heavy atom. The van der Waals surface area contributed by atoms with Crippen molar-refractivity contribution in [2.45, 2.75) is 59.2 Å². The molecule has 1 saturated carbocycles. The summed E-state index contributed by atoms with van der Waals surface area (Å²) in [6.45, 7) is -1.77. The molecule has 4 aromatic rings. The van der Waals surface area contributed by atoms with Crippen LogP contribution in [0.25, 0.3) is 11.1 Å². The molecule has 1 unspecified atom stereocenters. The number of fused-ring (bicyclic) bond motifs is 5. The van der Waals surface area contributed by atoms with E-state index < -0.39 is 216 Å². The Morgan fingerprint density at radius 1 is 0.611 bits per heavy atom. The first-order valence-electron chi connectivity index (χ1n) is 20.7. The van der Waals surface area contributed by atoms with Gasteiger partial charge in [-0.3, -0.25) is 4.79 Å². The maximum absolute atomic E-state index is 15.2. The molecule has 5 heterocycles. The molecule has 0 spiro atoms. The molecule has 380 valence electrons. The number of hydrogen-bond acceptors (Lipinski definition) is 29. The van der Waals surface area contributed by atoms with E-state index in [2.05, 4.69) is 0 Å². The molecule has 28 nitrogen and oxygen atoms in total. The van der Waals surface area contributed by atoms with Gasteiger partial charge in [0.2, 0.25) is 35.4 Å². The number of hydrogen-bond donors (Lipinski definition) is 15. The van der Waals surface area contributed by atoms with Crippen molar-refractivity contribution in [2.24, 2.45) is 5.92 Å². The Kier molecular flexibility index (Phi) is 10.6. The van der Waals surface area contributed by atoms with Crippen LogP contribution in [0.5, 0.6) is 69.0 Å². The van der Waals surface area contributed by atoms with E-state index in [1.165, 1.54) is 0 Å². The number of carbonyl (C=O) groups excluding carboxylic acids is 5. The van der Waals surface area contributed by atoms with Gasteiger partial charge in [0.1, 0.15) is 12.7 Å². The van der Waals surface area contributed by atoms with Gasteiger partial charge in [-0.25, -0.2) is 19.2 Å². The van der Waals surface area contributed by atoms with Crippen LogP contribution in [-0.4, -0.2) is 179 Å². The van der Waals surface area contributed by atoms with Crippen molar-refractivity contribution in [1.82, 2.24) is 0 Å². The van der Waals surface area contributed by atoms with E-state index in [0.717, 1.165) is 0 Å². The molecule has 6 aliphatic rings. The summed E-state index contributed by atoms with van der Waals surface area (Å²) in [5, 5.41) is 163. The van der Waals surface area contributed by atoms with Crippen LogP contribution in [0.2, 0.25) is 0 Å². The van der Waals surface area contributed by atoms with Crippen molar-refractivity contribution in [3.63, 3.8) is 0 Å². The first-order valence-corrected chi connectivity index (χ1v) is 21.8. The molecular formula is C43H34O28S. The van der Waals surface area contributed by atoms with Crippen molar-refractivity contribution in [1.29, 1.82) is 0 Å². The van der Waals surface area contributed by atoms with Crippen LogP contribution >= 0.6 is 11.8 Å². The molecule has 0 amide bonds. The summed E-state index contributed by atoms with van der Waals surface area (Å²) in [6, 6.07) is 2.47. The fraction of sp³-hybridized carbons (Fsp3) is 0.326. The summed E-state index contributed by atoms with van der Waals surface area (Å²) in [4.78, 5) is 72.9. The van der Waals surface area contributed by atoms with Crippen LogP contribution in [0.1, 0.15) is 52.9 Å². The van der Waals surface area contributed by atoms with E-state index in [9.17, 15) is 95.8 Å². The van der Waals surface area contributed by atoms with Crippen LogP contribution < -0.4 is 4.74 Å². The Morgan fingerprint density at radius 2 is 1.15 bits per heavy atom. The lowest BCUT2D eigenvalue weighted by atomic mass is 9.65. The summed E-state index contributed by atoms with van der Waals surface area (Å²) in [5.41, 5.74) is -6.97. The number of ether oxygens (including phenoxy) is 8. The van der Waals surface area contributed by atoms with Crippen LogP contribution in [0, 0.1) is 5.92 Å². The average molecular weight is 1030 g/mol. The fourth-order valence-electron chi connectivity index (χ4n) is 9.60. The van der Waals surface area contributed by atoms with Crippen molar-refractivity contribution in [2.75, 3.05) is 19.0 Å². The molecule has 3 fully saturated rings. The van der Waals surface area contributed by atoms with Gasteiger partial charge < -0.3 is 114 Å². The Hall–Kier alpha value is -8.06. The fourth-order valence-corrected chi connectivity index (χ4v) is 11.0. The SMILES string of the molecule is O=C(O[C@@H]1O[C@@H]2COC(=O)c3cc(O)c(O)c(O)c3-c3c(cc(O)c(O)c3O)C(=O)O[C@H]3[C@H]1OC(=O)c1cc(O)c(O)c4c1[C@@H]1[C@@H](C(=O)O[C@@H]32)[C@@H]2SCCOC2(O)C(O)(O)[C@]1(O)O4)c1cc(O)c(O)c(O)c1. The van der Waals surface area contributed by atoms with Crippen molar-refractivity contribution >= 4 is 41.6 Å². The summed E-state index contributed by atoms with van der Waals surface area (Å²) in [5.74, 6) is -39.7. The quantitative estimate of drug-likeness (QED) is 0.0487. The Labute approximate surface area is 401 Å². The van der Waals surface area contributed by atoms with Crippen LogP contribution in [0.4, 0.5) is 0 Å². The Bertz CT molecular complexity index is 3080. The number of thioether (sulfide) groups is 1. The summed E-state index contributed by atoms with van der Waals surface area (Å²) in [7, 11) is 0. The maximum atomic E-state index is 15.2. The van der Waals surface area contributed by atoms with Gasteiger partial charge in [-0.15, -0.1) is 11.8 Å². The highest BCUT2D eigenvalue weighted by Crippen LogP contribution is 2.66. The number of esters is 5. The van der Waals surface area contributed by atoms with E-state index in [0.29, 0.717) is 42.1 Å². The van der Waals surface area contributed by atoms with Crippen molar-refractivity contribution < 1.29 is 138 Å². The normalized spacial score (nSPS) is 30.1. The lowest BCUT2D eigenvalue weighted by Gasteiger charge is -2.58. The second-order valence-electron chi connectivity index (χ2n) is 16.9. The van der Waals surface area contributed by atoms with Gasteiger partial charge in [-0.1, -0.05) is 0 Å². The molecule has 0 aromatic heterocycles. The number of carbonyl (C=O) groups is 5. The van der Waals surface area contributed by atoms with E-state index >= 15 is 4.79 Å². The third-order valence-electron chi connectivity index (χ3n) is 13.0. The average Bonchev–Trinajstić information content (AvgIpc) is 3.65. The molecule has 10 rings (SSSR count). The van der Waals surface area contributed by atoms with Gasteiger partial charge in [0.15, 0.2) is 64.0 Å². The number of aromatic hydroxyl groups is 11. The minimum atomic E-state index is -4.02. The molecule has 10 atom stereocenters. The van der Waals surface area contributed by atoms with E-state index in [-0.39, 0.29) is 5.75 Å². The largest absolute Gasteiger partial charge is 0.504 e. The van der Waals surface area contributed by atoms with Gasteiger partial charge in [0.25, 0.3) is 11.6 Å². The van der Waals surface area contributed by atoms with Gasteiger partial charge in [-0.05, 0) is 30.3 Å². The predicted molar refractivity (Wildman–Crippen MR) is 222 cm³/mol.